The molecule has 140 valence electrons. The highest BCUT2D eigenvalue weighted by Gasteiger charge is 2.26. The van der Waals surface area contributed by atoms with Crippen LogP contribution in [0.3, 0.4) is 0 Å². The zero-order valence-electron chi connectivity index (χ0n) is 15.6. The number of aromatic nitrogens is 3. The van der Waals surface area contributed by atoms with E-state index in [4.69, 9.17) is 5.73 Å². The first-order valence-electron chi connectivity index (χ1n) is 9.20. The maximum Gasteiger partial charge on any atom is 0.286 e. The number of carbonyl (C=O) groups is 1. The Morgan fingerprint density at radius 3 is 3.00 bits per heavy atom. The van der Waals surface area contributed by atoms with Gasteiger partial charge in [0.1, 0.15) is 5.82 Å². The molecule has 0 radical (unpaired) electrons. The first-order valence-corrected chi connectivity index (χ1v) is 9.20. The highest BCUT2D eigenvalue weighted by molar-refractivity contribution is 5.89. The highest BCUT2D eigenvalue weighted by Crippen LogP contribution is 2.24. The zero-order valence-corrected chi connectivity index (χ0v) is 15.6. The number of nitrogens with zero attached hydrogens (tertiary/aromatic N) is 3. The van der Waals surface area contributed by atoms with Gasteiger partial charge in [-0.2, -0.15) is 0 Å². The third-order valence-corrected chi connectivity index (χ3v) is 5.29. The van der Waals surface area contributed by atoms with E-state index in [1.54, 1.807) is 0 Å². The number of benzene rings is 1. The molecule has 4 N–H and O–H groups in total. The summed E-state index contributed by atoms with van der Waals surface area (Å²) in [6.45, 7) is 6.43. The van der Waals surface area contributed by atoms with Crippen molar-refractivity contribution in [2.75, 3.05) is 18.0 Å². The molecule has 0 spiro atoms. The number of anilines is 1. The number of primary amides is 1. The third kappa shape index (κ3) is 3.50. The molecule has 3 aromatic rings. The molecule has 0 bridgehead atoms. The number of nitrogens with one attached hydrogen (secondary N) is 2. The summed E-state index contributed by atoms with van der Waals surface area (Å²) in [7, 11) is 0. The lowest BCUT2D eigenvalue weighted by Gasteiger charge is -2.21. The monoisotopic (exact) mass is 364 g/mol. The molecule has 1 aromatic carbocycles. The van der Waals surface area contributed by atoms with Gasteiger partial charge in [-0.05, 0) is 43.4 Å². The Labute approximate surface area is 158 Å². The Hall–Kier alpha value is -2.93. The van der Waals surface area contributed by atoms with Gasteiger partial charge in [0.25, 0.3) is 5.91 Å². The van der Waals surface area contributed by atoms with Gasteiger partial charge in [-0.3, -0.25) is 4.79 Å². The molecule has 2 aromatic heterocycles. The van der Waals surface area contributed by atoms with Crippen LogP contribution in [-0.4, -0.2) is 40.0 Å². The molecule has 7 heteroatoms. The van der Waals surface area contributed by atoms with Crippen molar-refractivity contribution in [3.8, 4) is 0 Å². The topological polar surface area (TPSA) is 99.9 Å². The fraction of sp³-hybridized carbons (Fsp3) is 0.350. The molecule has 1 aliphatic rings. The van der Waals surface area contributed by atoms with E-state index in [0.717, 1.165) is 48.6 Å². The van der Waals surface area contributed by atoms with Gasteiger partial charge in [0.05, 0.1) is 0 Å². The SMILES string of the molecule is Cc1nc(C(N)=O)nc(N2CC[C@@H](NCc3ccc4cc[nH]c4c3)C2)c1C. The minimum absolute atomic E-state index is 0.0868. The van der Waals surface area contributed by atoms with Gasteiger partial charge < -0.3 is 20.9 Å². The summed E-state index contributed by atoms with van der Waals surface area (Å²) in [4.78, 5) is 25.6. The lowest BCUT2D eigenvalue weighted by atomic mass is 10.1. The Balaban J connectivity index is 1.43. The summed E-state index contributed by atoms with van der Waals surface area (Å²) in [5, 5.41) is 4.86. The van der Waals surface area contributed by atoms with E-state index in [2.05, 4.69) is 49.4 Å². The van der Waals surface area contributed by atoms with Crippen LogP contribution < -0.4 is 16.0 Å². The second-order valence-corrected chi connectivity index (χ2v) is 7.16. The molecule has 1 amide bonds. The molecule has 1 fully saturated rings. The van der Waals surface area contributed by atoms with Crippen molar-refractivity contribution < 1.29 is 4.79 Å². The Kier molecular flexibility index (Phi) is 4.53. The smallest absolute Gasteiger partial charge is 0.286 e. The first-order chi connectivity index (χ1) is 13.0. The van der Waals surface area contributed by atoms with Gasteiger partial charge in [-0.1, -0.05) is 12.1 Å². The summed E-state index contributed by atoms with van der Waals surface area (Å²) in [6, 6.07) is 8.94. The molecule has 1 saturated heterocycles. The van der Waals surface area contributed by atoms with Crippen LogP contribution in [0.15, 0.2) is 30.5 Å². The summed E-state index contributed by atoms with van der Waals surface area (Å²) < 4.78 is 0. The largest absolute Gasteiger partial charge is 0.363 e. The second kappa shape index (κ2) is 7.00. The summed E-state index contributed by atoms with van der Waals surface area (Å²) in [5.41, 5.74) is 9.59. The van der Waals surface area contributed by atoms with Gasteiger partial charge in [0, 0.05) is 48.6 Å². The Morgan fingerprint density at radius 2 is 2.19 bits per heavy atom. The van der Waals surface area contributed by atoms with Gasteiger partial charge in [0.2, 0.25) is 5.82 Å². The van der Waals surface area contributed by atoms with Crippen LogP contribution in [-0.2, 0) is 6.54 Å². The van der Waals surface area contributed by atoms with Gasteiger partial charge in [-0.15, -0.1) is 0 Å². The average molecular weight is 364 g/mol. The van der Waals surface area contributed by atoms with Crippen LogP contribution in [0.4, 0.5) is 5.82 Å². The number of amides is 1. The van der Waals surface area contributed by atoms with Gasteiger partial charge in [0.15, 0.2) is 0 Å². The predicted octanol–water partition coefficient (Wildman–Crippen LogP) is 2.04. The van der Waals surface area contributed by atoms with Gasteiger partial charge >= 0.3 is 0 Å². The van der Waals surface area contributed by atoms with E-state index in [9.17, 15) is 4.79 Å². The molecule has 0 aliphatic carbocycles. The number of hydrogen-bond donors (Lipinski definition) is 3. The molecular formula is C20H24N6O. The molecule has 1 aliphatic heterocycles. The lowest BCUT2D eigenvalue weighted by molar-refractivity contribution is 0.0990. The van der Waals surface area contributed by atoms with Crippen LogP contribution in [0.2, 0.25) is 0 Å². The Morgan fingerprint density at radius 1 is 1.33 bits per heavy atom. The number of nitrogens with two attached hydrogens (primary N) is 1. The zero-order chi connectivity index (χ0) is 19.0. The molecule has 7 nitrogen and oxygen atoms in total. The molecule has 0 saturated carbocycles. The Bertz CT molecular complexity index is 995. The number of carbonyl (C=O) groups excluding carboxylic acids is 1. The first kappa shape index (κ1) is 17.5. The number of H-pyrrole nitrogens is 1. The minimum atomic E-state index is -0.590. The van der Waals surface area contributed by atoms with Crippen LogP contribution in [0.1, 0.15) is 33.9 Å². The van der Waals surface area contributed by atoms with E-state index in [1.807, 2.05) is 20.0 Å². The van der Waals surface area contributed by atoms with Crippen molar-refractivity contribution in [1.29, 1.82) is 0 Å². The molecule has 3 heterocycles. The normalized spacial score (nSPS) is 17.0. The lowest BCUT2D eigenvalue weighted by Crippen LogP contribution is -2.33. The maximum absolute atomic E-state index is 11.5. The standard InChI is InChI=1S/C20H24N6O/c1-12-13(2)24-19(18(21)27)25-20(12)26-8-6-16(11-26)23-10-14-3-4-15-5-7-22-17(15)9-14/h3-5,7,9,16,22-23H,6,8,10-11H2,1-2H3,(H2,21,27)/t16-/m1/s1. The molecular weight excluding hydrogens is 340 g/mol. The maximum atomic E-state index is 11.5. The summed E-state index contributed by atoms with van der Waals surface area (Å²) >= 11 is 0. The third-order valence-electron chi connectivity index (χ3n) is 5.29. The van der Waals surface area contributed by atoms with Crippen LogP contribution in [0, 0.1) is 13.8 Å². The van der Waals surface area contributed by atoms with Crippen molar-refractivity contribution in [1.82, 2.24) is 20.3 Å². The van der Waals surface area contributed by atoms with Crippen LogP contribution in [0.25, 0.3) is 10.9 Å². The molecule has 0 unspecified atom stereocenters. The fourth-order valence-corrected chi connectivity index (χ4v) is 3.62. The van der Waals surface area contributed by atoms with E-state index >= 15 is 0 Å². The number of aromatic amines is 1. The van der Waals surface area contributed by atoms with E-state index in [1.165, 1.54) is 10.9 Å². The number of fused-ring (bicyclic) bond motifs is 1. The van der Waals surface area contributed by atoms with Crippen molar-refractivity contribution in [3.05, 3.63) is 53.1 Å². The number of hydrogen-bond acceptors (Lipinski definition) is 5. The van der Waals surface area contributed by atoms with Crippen molar-refractivity contribution in [3.63, 3.8) is 0 Å². The molecule has 1 atom stereocenters. The van der Waals surface area contributed by atoms with Crippen molar-refractivity contribution in [2.45, 2.75) is 32.9 Å². The van der Waals surface area contributed by atoms with Crippen molar-refractivity contribution in [2.24, 2.45) is 5.73 Å². The highest BCUT2D eigenvalue weighted by atomic mass is 16.1. The van der Waals surface area contributed by atoms with E-state index in [-0.39, 0.29) is 5.82 Å². The van der Waals surface area contributed by atoms with Gasteiger partial charge in [-0.25, -0.2) is 9.97 Å². The van der Waals surface area contributed by atoms with Crippen molar-refractivity contribution >= 4 is 22.6 Å². The predicted molar refractivity (Wildman–Crippen MR) is 106 cm³/mol. The van der Waals surface area contributed by atoms with E-state index < -0.39 is 5.91 Å². The number of rotatable bonds is 5. The quantitative estimate of drug-likeness (QED) is 0.643. The van der Waals surface area contributed by atoms with E-state index in [0.29, 0.717) is 6.04 Å². The molecule has 4 rings (SSSR count). The fourth-order valence-electron chi connectivity index (χ4n) is 3.62. The summed E-state index contributed by atoms with van der Waals surface area (Å²) in [5.74, 6) is 0.310. The number of aryl methyl sites for hydroxylation is 1. The van der Waals surface area contributed by atoms with Crippen LogP contribution in [0.5, 0.6) is 0 Å². The summed E-state index contributed by atoms with van der Waals surface area (Å²) in [6.07, 6.45) is 2.99. The second-order valence-electron chi connectivity index (χ2n) is 7.16. The minimum Gasteiger partial charge on any atom is -0.363 e. The molecule has 27 heavy (non-hydrogen) atoms. The average Bonchev–Trinajstić information content (AvgIpc) is 3.30. The van der Waals surface area contributed by atoms with Crippen LogP contribution >= 0.6 is 0 Å².